The van der Waals surface area contributed by atoms with Crippen LogP contribution in [0.2, 0.25) is 0 Å². The van der Waals surface area contributed by atoms with Crippen molar-refractivity contribution in [2.45, 2.75) is 38.6 Å². The first-order chi connectivity index (χ1) is 6.21. The predicted octanol–water partition coefficient (Wildman–Crippen LogP) is 1.08. The third-order valence-electron chi connectivity index (χ3n) is 3.18. The molecule has 2 aliphatic rings. The van der Waals surface area contributed by atoms with Gasteiger partial charge in [0, 0.05) is 18.0 Å². The molecule has 2 N–H and O–H groups in total. The molecule has 1 heterocycles. The van der Waals surface area contributed by atoms with E-state index in [1.165, 1.54) is 6.42 Å². The monoisotopic (exact) mass is 218 g/mol. The summed E-state index contributed by atoms with van der Waals surface area (Å²) in [6.07, 6.45) is 4.45. The quantitative estimate of drug-likeness (QED) is 0.728. The topological polar surface area (TPSA) is 41.1 Å². The van der Waals surface area contributed by atoms with Crippen LogP contribution in [-0.4, -0.2) is 25.0 Å². The molecule has 1 atom stereocenters. The molecular weight excluding hydrogens is 200 g/mol. The molecule has 0 aromatic rings. The SMILES string of the molecule is CC1(C(=O)NC2CCCNC2)CC1.Cl. The summed E-state index contributed by atoms with van der Waals surface area (Å²) in [7, 11) is 0. The number of carbonyl (C=O) groups excluding carboxylic acids is 1. The number of hydrogen-bond acceptors (Lipinski definition) is 2. The average molecular weight is 219 g/mol. The molecule has 82 valence electrons. The van der Waals surface area contributed by atoms with E-state index in [0.29, 0.717) is 6.04 Å². The van der Waals surface area contributed by atoms with E-state index in [4.69, 9.17) is 0 Å². The van der Waals surface area contributed by atoms with Crippen LogP contribution in [0.5, 0.6) is 0 Å². The molecule has 2 rings (SSSR count). The molecule has 2 fully saturated rings. The molecule has 1 amide bonds. The highest BCUT2D eigenvalue weighted by molar-refractivity contribution is 5.85. The van der Waals surface area contributed by atoms with Gasteiger partial charge in [-0.2, -0.15) is 0 Å². The maximum Gasteiger partial charge on any atom is 0.226 e. The molecule has 1 unspecified atom stereocenters. The first-order valence-electron chi connectivity index (χ1n) is 5.22. The second kappa shape index (κ2) is 4.49. The van der Waals surface area contributed by atoms with Crippen molar-refractivity contribution in [1.29, 1.82) is 0 Å². The Morgan fingerprint density at radius 3 is 2.71 bits per heavy atom. The van der Waals surface area contributed by atoms with E-state index in [9.17, 15) is 4.79 Å². The van der Waals surface area contributed by atoms with Crippen molar-refractivity contribution in [1.82, 2.24) is 10.6 Å². The zero-order valence-corrected chi connectivity index (χ0v) is 9.45. The first-order valence-corrected chi connectivity index (χ1v) is 5.22. The highest BCUT2D eigenvalue weighted by Crippen LogP contribution is 2.45. The lowest BCUT2D eigenvalue weighted by Gasteiger charge is -2.25. The number of carbonyl (C=O) groups is 1. The fraction of sp³-hybridized carbons (Fsp3) is 0.900. The molecule has 0 spiro atoms. The van der Waals surface area contributed by atoms with Gasteiger partial charge in [-0.25, -0.2) is 0 Å². The minimum atomic E-state index is -0.0164. The van der Waals surface area contributed by atoms with Crippen LogP contribution in [0.1, 0.15) is 32.6 Å². The summed E-state index contributed by atoms with van der Waals surface area (Å²) in [6.45, 7) is 4.10. The number of hydrogen-bond donors (Lipinski definition) is 2. The number of piperidine rings is 1. The lowest BCUT2D eigenvalue weighted by molar-refractivity contribution is -0.126. The summed E-state index contributed by atoms with van der Waals surface area (Å²) in [5.41, 5.74) is -0.0164. The van der Waals surface area contributed by atoms with Crippen molar-refractivity contribution >= 4 is 18.3 Å². The molecule has 1 aliphatic heterocycles. The van der Waals surface area contributed by atoms with Crippen molar-refractivity contribution in [2.24, 2.45) is 5.41 Å². The molecular formula is C10H19ClN2O. The second-order valence-electron chi connectivity index (χ2n) is 4.58. The average Bonchev–Trinajstić information content (AvgIpc) is 2.87. The van der Waals surface area contributed by atoms with Gasteiger partial charge in [-0.3, -0.25) is 4.79 Å². The van der Waals surface area contributed by atoms with Crippen molar-refractivity contribution in [3.05, 3.63) is 0 Å². The van der Waals surface area contributed by atoms with Gasteiger partial charge in [0.25, 0.3) is 0 Å². The van der Waals surface area contributed by atoms with Gasteiger partial charge >= 0.3 is 0 Å². The van der Waals surface area contributed by atoms with Crippen LogP contribution in [0, 0.1) is 5.41 Å². The molecule has 0 radical (unpaired) electrons. The minimum absolute atomic E-state index is 0. The van der Waals surface area contributed by atoms with Crippen LogP contribution in [0.3, 0.4) is 0 Å². The van der Waals surface area contributed by atoms with E-state index in [-0.39, 0.29) is 23.7 Å². The Balaban J connectivity index is 0.000000980. The molecule has 0 aromatic heterocycles. The van der Waals surface area contributed by atoms with Crippen molar-refractivity contribution < 1.29 is 4.79 Å². The summed E-state index contributed by atoms with van der Waals surface area (Å²) in [5.74, 6) is 0.265. The van der Waals surface area contributed by atoms with Gasteiger partial charge in [-0.15, -0.1) is 12.4 Å². The predicted molar refractivity (Wildman–Crippen MR) is 58.6 cm³/mol. The molecule has 0 aromatic carbocycles. The summed E-state index contributed by atoms with van der Waals surface area (Å²) in [5, 5.41) is 6.42. The fourth-order valence-electron chi connectivity index (χ4n) is 1.75. The Hall–Kier alpha value is -0.280. The lowest BCUT2D eigenvalue weighted by Crippen LogP contribution is -2.47. The maximum atomic E-state index is 11.7. The van der Waals surface area contributed by atoms with Gasteiger partial charge in [-0.05, 0) is 32.2 Å². The Morgan fingerprint density at radius 1 is 1.50 bits per heavy atom. The van der Waals surface area contributed by atoms with E-state index < -0.39 is 0 Å². The van der Waals surface area contributed by atoms with E-state index in [2.05, 4.69) is 17.6 Å². The van der Waals surface area contributed by atoms with E-state index >= 15 is 0 Å². The normalized spacial score (nSPS) is 28.8. The molecule has 1 aliphatic carbocycles. The first kappa shape index (κ1) is 11.8. The highest BCUT2D eigenvalue weighted by atomic mass is 35.5. The van der Waals surface area contributed by atoms with E-state index in [1.807, 2.05) is 0 Å². The molecule has 1 saturated carbocycles. The van der Waals surface area contributed by atoms with Gasteiger partial charge in [-0.1, -0.05) is 6.92 Å². The molecule has 4 heteroatoms. The summed E-state index contributed by atoms with van der Waals surface area (Å²) < 4.78 is 0. The number of rotatable bonds is 2. The van der Waals surface area contributed by atoms with Crippen LogP contribution in [0.15, 0.2) is 0 Å². The Bertz CT molecular complexity index is 210. The Labute approximate surface area is 91.4 Å². The molecule has 0 bridgehead atoms. The minimum Gasteiger partial charge on any atom is -0.352 e. The number of amides is 1. The summed E-state index contributed by atoms with van der Waals surface area (Å²) in [4.78, 5) is 11.7. The smallest absolute Gasteiger partial charge is 0.226 e. The van der Waals surface area contributed by atoms with Gasteiger partial charge in [0.05, 0.1) is 0 Å². The zero-order chi connectivity index (χ0) is 9.31. The largest absolute Gasteiger partial charge is 0.352 e. The van der Waals surface area contributed by atoms with E-state index in [0.717, 1.165) is 32.4 Å². The van der Waals surface area contributed by atoms with Gasteiger partial charge in [0.1, 0.15) is 0 Å². The lowest BCUT2D eigenvalue weighted by atomic mass is 10.0. The van der Waals surface area contributed by atoms with Gasteiger partial charge < -0.3 is 10.6 Å². The van der Waals surface area contributed by atoms with Crippen LogP contribution in [0.25, 0.3) is 0 Å². The number of halogens is 1. The fourth-order valence-corrected chi connectivity index (χ4v) is 1.75. The zero-order valence-electron chi connectivity index (χ0n) is 8.64. The Kier molecular flexibility index (Phi) is 3.78. The van der Waals surface area contributed by atoms with Gasteiger partial charge in [0.15, 0.2) is 0 Å². The third kappa shape index (κ3) is 2.61. The van der Waals surface area contributed by atoms with Crippen LogP contribution < -0.4 is 10.6 Å². The summed E-state index contributed by atoms with van der Waals surface area (Å²) >= 11 is 0. The summed E-state index contributed by atoms with van der Waals surface area (Å²) in [6, 6.07) is 0.374. The van der Waals surface area contributed by atoms with Crippen LogP contribution >= 0.6 is 12.4 Å². The maximum absolute atomic E-state index is 11.7. The second-order valence-corrected chi connectivity index (χ2v) is 4.58. The van der Waals surface area contributed by atoms with Crippen molar-refractivity contribution in [3.8, 4) is 0 Å². The van der Waals surface area contributed by atoms with Crippen LogP contribution in [0.4, 0.5) is 0 Å². The van der Waals surface area contributed by atoms with Gasteiger partial charge in [0.2, 0.25) is 5.91 Å². The van der Waals surface area contributed by atoms with Crippen LogP contribution in [-0.2, 0) is 4.79 Å². The Morgan fingerprint density at radius 2 is 2.21 bits per heavy atom. The third-order valence-corrected chi connectivity index (χ3v) is 3.18. The highest BCUT2D eigenvalue weighted by Gasteiger charge is 2.45. The van der Waals surface area contributed by atoms with Crippen molar-refractivity contribution in [2.75, 3.05) is 13.1 Å². The number of nitrogens with one attached hydrogen (secondary N) is 2. The van der Waals surface area contributed by atoms with E-state index in [1.54, 1.807) is 0 Å². The molecule has 3 nitrogen and oxygen atoms in total. The van der Waals surface area contributed by atoms with Crippen molar-refractivity contribution in [3.63, 3.8) is 0 Å². The standard InChI is InChI=1S/C10H18N2O.ClH/c1-10(4-5-10)9(13)12-8-3-2-6-11-7-8;/h8,11H,2-7H2,1H3,(H,12,13);1H. The molecule has 14 heavy (non-hydrogen) atoms. The molecule has 1 saturated heterocycles.